The highest BCUT2D eigenvalue weighted by molar-refractivity contribution is 5.89. The number of carboxylic acid groups (broad SMARTS) is 2. The monoisotopic (exact) mass is 388 g/mol. The van der Waals surface area contributed by atoms with E-state index >= 15 is 0 Å². The number of fused-ring (bicyclic) bond motifs is 1. The second kappa shape index (κ2) is 10.5. The van der Waals surface area contributed by atoms with E-state index in [2.05, 4.69) is 35.1 Å². The number of carboxylic acids is 2. The van der Waals surface area contributed by atoms with Gasteiger partial charge in [0.15, 0.2) is 0 Å². The normalized spacial score (nSPS) is 15.8. The van der Waals surface area contributed by atoms with Crippen molar-refractivity contribution in [3.63, 3.8) is 0 Å². The Kier molecular flexibility index (Phi) is 8.07. The summed E-state index contributed by atoms with van der Waals surface area (Å²) in [6.07, 6.45) is 8.50. The van der Waals surface area contributed by atoms with Crippen LogP contribution in [0.2, 0.25) is 0 Å². The van der Waals surface area contributed by atoms with E-state index in [-0.39, 0.29) is 0 Å². The van der Waals surface area contributed by atoms with Gasteiger partial charge in [-0.15, -0.1) is 0 Å². The van der Waals surface area contributed by atoms with Crippen molar-refractivity contribution in [2.24, 2.45) is 0 Å². The number of nitrogens with zero attached hydrogens (tertiary/aromatic N) is 1. The number of hydrogen-bond acceptors (Lipinski definition) is 4. The molecule has 0 saturated carbocycles. The lowest BCUT2D eigenvalue weighted by atomic mass is 10.0. The summed E-state index contributed by atoms with van der Waals surface area (Å²) in [6.45, 7) is 4.88. The van der Waals surface area contributed by atoms with Crippen LogP contribution in [0.4, 0.5) is 0 Å². The van der Waals surface area contributed by atoms with E-state index in [1.54, 1.807) is 7.11 Å². The van der Waals surface area contributed by atoms with Crippen LogP contribution in [0.5, 0.6) is 5.75 Å². The van der Waals surface area contributed by atoms with E-state index in [0.29, 0.717) is 18.2 Å². The number of benzene rings is 1. The highest BCUT2D eigenvalue weighted by atomic mass is 16.5. The Labute approximate surface area is 164 Å². The van der Waals surface area contributed by atoms with E-state index in [0.717, 1.165) is 12.2 Å². The first-order valence-corrected chi connectivity index (χ1v) is 9.42. The Bertz CT molecular complexity index is 805. The maximum Gasteiger partial charge on any atom is 0.328 e. The zero-order valence-corrected chi connectivity index (χ0v) is 16.4. The predicted octanol–water partition coefficient (Wildman–Crippen LogP) is 3.31. The van der Waals surface area contributed by atoms with Crippen LogP contribution in [-0.2, 0) is 16.0 Å². The fourth-order valence-corrected chi connectivity index (χ4v) is 3.41. The molecule has 3 N–H and O–H groups in total. The molecular weight excluding hydrogens is 360 g/mol. The smallest absolute Gasteiger partial charge is 0.328 e. The number of ether oxygens (including phenoxy) is 1. The van der Waals surface area contributed by atoms with Crippen LogP contribution in [0.25, 0.3) is 10.9 Å². The lowest BCUT2D eigenvalue weighted by molar-refractivity contribution is -0.134. The molecule has 1 aromatic heterocycles. The number of rotatable bonds is 6. The Morgan fingerprint density at radius 1 is 1.18 bits per heavy atom. The summed E-state index contributed by atoms with van der Waals surface area (Å²) in [5, 5.41) is 17.0. The molecule has 0 bridgehead atoms. The van der Waals surface area contributed by atoms with Crippen molar-refractivity contribution in [2.45, 2.75) is 38.6 Å². The molecule has 1 unspecified atom stereocenters. The van der Waals surface area contributed by atoms with Gasteiger partial charge in [0, 0.05) is 41.4 Å². The SMILES string of the molecule is COc1ccc2c(CC(C)N3CCCCC3)c[nH]c2c1.O=C(O)/C=C/C(=O)O. The van der Waals surface area contributed by atoms with Gasteiger partial charge in [0.25, 0.3) is 0 Å². The van der Waals surface area contributed by atoms with Gasteiger partial charge in [-0.25, -0.2) is 9.59 Å². The minimum atomic E-state index is -1.26. The molecule has 1 atom stereocenters. The van der Waals surface area contributed by atoms with Gasteiger partial charge in [0.05, 0.1) is 7.11 Å². The standard InChI is InChI=1S/C17H24N2O.C4H4O4/c1-13(19-8-4-3-5-9-19)10-14-12-18-17-11-15(20-2)6-7-16(14)17;5-3(6)1-2-4(7)8/h6-7,11-13,18H,3-5,8-10H2,1-2H3;1-2H,(H,5,6)(H,7,8)/b;2-1+. The molecule has 1 saturated heterocycles. The summed E-state index contributed by atoms with van der Waals surface area (Å²) in [4.78, 5) is 25.1. The lowest BCUT2D eigenvalue weighted by Crippen LogP contribution is -2.38. The lowest BCUT2D eigenvalue weighted by Gasteiger charge is -2.32. The quantitative estimate of drug-likeness (QED) is 0.656. The molecule has 0 spiro atoms. The molecule has 152 valence electrons. The summed E-state index contributed by atoms with van der Waals surface area (Å²) in [5.74, 6) is -1.60. The predicted molar refractivity (Wildman–Crippen MR) is 108 cm³/mol. The van der Waals surface area contributed by atoms with Crippen LogP contribution in [-0.4, -0.2) is 58.3 Å². The maximum atomic E-state index is 9.55. The second-order valence-electron chi connectivity index (χ2n) is 6.89. The number of aromatic nitrogens is 1. The summed E-state index contributed by atoms with van der Waals surface area (Å²) < 4.78 is 5.28. The molecule has 3 rings (SSSR count). The first-order chi connectivity index (χ1) is 13.4. The molecule has 7 heteroatoms. The van der Waals surface area contributed by atoms with Gasteiger partial charge < -0.3 is 24.8 Å². The molecule has 0 amide bonds. The van der Waals surface area contributed by atoms with E-state index in [1.165, 1.54) is 48.8 Å². The van der Waals surface area contributed by atoms with Gasteiger partial charge in [0.2, 0.25) is 0 Å². The molecule has 2 aromatic rings. The topological polar surface area (TPSA) is 103 Å². The molecule has 28 heavy (non-hydrogen) atoms. The average Bonchev–Trinajstić information content (AvgIpc) is 3.09. The number of aliphatic carboxylic acids is 2. The molecule has 7 nitrogen and oxygen atoms in total. The fourth-order valence-electron chi connectivity index (χ4n) is 3.41. The van der Waals surface area contributed by atoms with Crippen LogP contribution >= 0.6 is 0 Å². The third kappa shape index (κ3) is 6.42. The zero-order chi connectivity index (χ0) is 20.5. The Morgan fingerprint density at radius 3 is 2.39 bits per heavy atom. The number of carbonyl (C=O) groups is 2. The number of piperidine rings is 1. The Hall–Kier alpha value is -2.80. The Balaban J connectivity index is 0.000000300. The fraction of sp³-hybridized carbons (Fsp3) is 0.429. The van der Waals surface area contributed by atoms with Crippen molar-refractivity contribution < 1.29 is 24.5 Å². The second-order valence-corrected chi connectivity index (χ2v) is 6.89. The number of hydrogen-bond donors (Lipinski definition) is 3. The number of methoxy groups -OCH3 is 1. The van der Waals surface area contributed by atoms with Gasteiger partial charge in [-0.2, -0.15) is 0 Å². The van der Waals surface area contributed by atoms with Crippen LogP contribution in [0.15, 0.2) is 36.5 Å². The molecule has 0 aliphatic carbocycles. The van der Waals surface area contributed by atoms with E-state index in [1.807, 2.05) is 6.07 Å². The van der Waals surface area contributed by atoms with Crippen molar-refractivity contribution in [1.82, 2.24) is 9.88 Å². The van der Waals surface area contributed by atoms with Gasteiger partial charge in [-0.05, 0) is 57.0 Å². The minimum Gasteiger partial charge on any atom is -0.497 e. The molecule has 2 heterocycles. The van der Waals surface area contributed by atoms with E-state index in [9.17, 15) is 9.59 Å². The molecule has 0 radical (unpaired) electrons. The van der Waals surface area contributed by atoms with Gasteiger partial charge >= 0.3 is 11.9 Å². The number of H-pyrrole nitrogens is 1. The number of nitrogens with one attached hydrogen (secondary N) is 1. The molecule has 1 fully saturated rings. The zero-order valence-electron chi connectivity index (χ0n) is 16.4. The minimum absolute atomic E-state index is 0.558. The highest BCUT2D eigenvalue weighted by Crippen LogP contribution is 2.25. The van der Waals surface area contributed by atoms with Crippen LogP contribution in [0.1, 0.15) is 31.7 Å². The van der Waals surface area contributed by atoms with Crippen molar-refractivity contribution in [3.8, 4) is 5.75 Å². The van der Waals surface area contributed by atoms with Crippen molar-refractivity contribution in [1.29, 1.82) is 0 Å². The summed E-state index contributed by atoms with van der Waals surface area (Å²) >= 11 is 0. The highest BCUT2D eigenvalue weighted by Gasteiger charge is 2.18. The van der Waals surface area contributed by atoms with Crippen molar-refractivity contribution in [2.75, 3.05) is 20.2 Å². The third-order valence-electron chi connectivity index (χ3n) is 4.87. The largest absolute Gasteiger partial charge is 0.497 e. The van der Waals surface area contributed by atoms with E-state index in [4.69, 9.17) is 14.9 Å². The maximum absolute atomic E-state index is 9.55. The number of aromatic amines is 1. The first kappa shape index (κ1) is 21.5. The first-order valence-electron chi connectivity index (χ1n) is 9.42. The average molecular weight is 388 g/mol. The van der Waals surface area contributed by atoms with Gasteiger partial charge in [0.1, 0.15) is 5.75 Å². The Morgan fingerprint density at radius 2 is 1.82 bits per heavy atom. The molecule has 1 aliphatic rings. The van der Waals surface area contributed by atoms with Crippen LogP contribution in [0.3, 0.4) is 0 Å². The van der Waals surface area contributed by atoms with Crippen molar-refractivity contribution >= 4 is 22.8 Å². The number of likely N-dealkylation sites (tertiary alicyclic amines) is 1. The van der Waals surface area contributed by atoms with Crippen molar-refractivity contribution in [3.05, 3.63) is 42.1 Å². The van der Waals surface area contributed by atoms with Gasteiger partial charge in [-0.3, -0.25) is 0 Å². The third-order valence-corrected chi connectivity index (χ3v) is 4.87. The van der Waals surface area contributed by atoms with Crippen LogP contribution in [0, 0.1) is 0 Å². The molecule has 1 aliphatic heterocycles. The van der Waals surface area contributed by atoms with E-state index < -0.39 is 11.9 Å². The summed E-state index contributed by atoms with van der Waals surface area (Å²) in [7, 11) is 1.71. The van der Waals surface area contributed by atoms with Gasteiger partial charge in [-0.1, -0.05) is 6.42 Å². The summed E-state index contributed by atoms with van der Waals surface area (Å²) in [5.41, 5.74) is 2.59. The molecule has 1 aromatic carbocycles. The molecular formula is C21H28N2O5. The summed E-state index contributed by atoms with van der Waals surface area (Å²) in [6, 6.07) is 6.91. The van der Waals surface area contributed by atoms with Crippen LogP contribution < -0.4 is 4.74 Å².